The number of carbonyl (C=O) groups excluding carboxylic acids is 1. The number of amides is 1. The number of sulfonamides is 1. The molecule has 0 aliphatic carbocycles. The maximum Gasteiger partial charge on any atom is 0.243 e. The van der Waals surface area contributed by atoms with Crippen LogP contribution in [0.3, 0.4) is 0 Å². The number of aromatic nitrogens is 3. The van der Waals surface area contributed by atoms with Gasteiger partial charge in [0.2, 0.25) is 15.9 Å². The Hall–Kier alpha value is -2.04. The van der Waals surface area contributed by atoms with Crippen molar-refractivity contribution in [3.05, 3.63) is 18.2 Å². The average Bonchev–Trinajstić information content (AvgIpc) is 3.08. The predicted octanol–water partition coefficient (Wildman–Crippen LogP) is 0.757. The molecule has 1 atom stereocenters. The van der Waals surface area contributed by atoms with E-state index >= 15 is 0 Å². The minimum Gasteiger partial charge on any atom is -0.383 e. The smallest absolute Gasteiger partial charge is 0.243 e. The molecule has 0 spiro atoms. The number of nitrogens with zero attached hydrogens (tertiary/aromatic N) is 4. The maximum absolute atomic E-state index is 13.2. The van der Waals surface area contributed by atoms with Gasteiger partial charge >= 0.3 is 0 Å². The van der Waals surface area contributed by atoms with E-state index in [0.29, 0.717) is 38.2 Å². The van der Waals surface area contributed by atoms with Crippen LogP contribution in [-0.2, 0) is 26.1 Å². The van der Waals surface area contributed by atoms with Gasteiger partial charge in [-0.25, -0.2) is 13.1 Å². The summed E-state index contributed by atoms with van der Waals surface area (Å²) in [5.41, 5.74) is 1.24. The highest BCUT2D eigenvalue weighted by Crippen LogP contribution is 2.27. The summed E-state index contributed by atoms with van der Waals surface area (Å²) >= 11 is 0. The SMILES string of the molecule is CCNC(=O)C1CCCCN1S(=O)(=O)c1ccc2c(c1)nnn2CCOC. The summed E-state index contributed by atoms with van der Waals surface area (Å²) in [5.74, 6) is -0.243. The first-order chi connectivity index (χ1) is 13.0. The Kier molecular flexibility index (Phi) is 6.08. The summed E-state index contributed by atoms with van der Waals surface area (Å²) in [5, 5.41) is 10.9. The number of methoxy groups -OCH3 is 1. The van der Waals surface area contributed by atoms with Crippen LogP contribution in [0.25, 0.3) is 11.0 Å². The lowest BCUT2D eigenvalue weighted by Gasteiger charge is -2.33. The van der Waals surface area contributed by atoms with Crippen molar-refractivity contribution >= 4 is 27.0 Å². The fourth-order valence-corrected chi connectivity index (χ4v) is 5.01. The molecule has 2 aromatic rings. The second-order valence-corrected chi connectivity index (χ2v) is 8.37. The Labute approximate surface area is 158 Å². The number of rotatable bonds is 7. The summed E-state index contributed by atoms with van der Waals surface area (Å²) in [6.07, 6.45) is 2.10. The van der Waals surface area contributed by atoms with Gasteiger partial charge in [-0.05, 0) is 38.0 Å². The summed E-state index contributed by atoms with van der Waals surface area (Å²) in [6, 6.07) is 4.10. The zero-order chi connectivity index (χ0) is 19.4. The second kappa shape index (κ2) is 8.32. The van der Waals surface area contributed by atoms with E-state index in [1.165, 1.54) is 10.4 Å². The van der Waals surface area contributed by atoms with Gasteiger partial charge in [0, 0.05) is 20.2 Å². The van der Waals surface area contributed by atoms with Crippen molar-refractivity contribution in [1.82, 2.24) is 24.6 Å². The molecular weight excluding hydrogens is 370 g/mol. The minimum absolute atomic E-state index is 0.130. The van der Waals surface area contributed by atoms with Crippen molar-refractivity contribution in [2.75, 3.05) is 26.8 Å². The van der Waals surface area contributed by atoms with E-state index in [1.807, 2.05) is 6.92 Å². The van der Waals surface area contributed by atoms with E-state index in [0.717, 1.165) is 18.4 Å². The zero-order valence-corrected chi connectivity index (χ0v) is 16.4. The summed E-state index contributed by atoms with van der Waals surface area (Å²) in [7, 11) is -2.20. The van der Waals surface area contributed by atoms with Crippen LogP contribution in [0.4, 0.5) is 0 Å². The van der Waals surface area contributed by atoms with Gasteiger partial charge < -0.3 is 10.1 Å². The van der Waals surface area contributed by atoms with Crippen LogP contribution in [0.5, 0.6) is 0 Å². The predicted molar refractivity (Wildman–Crippen MR) is 99.6 cm³/mol. The molecule has 0 radical (unpaired) electrons. The van der Waals surface area contributed by atoms with Gasteiger partial charge in [0.05, 0.1) is 23.6 Å². The topological polar surface area (TPSA) is 106 Å². The zero-order valence-electron chi connectivity index (χ0n) is 15.6. The molecule has 1 aliphatic rings. The monoisotopic (exact) mass is 395 g/mol. The number of hydrogen-bond acceptors (Lipinski definition) is 6. The lowest BCUT2D eigenvalue weighted by molar-refractivity contribution is -0.125. The van der Waals surface area contributed by atoms with Gasteiger partial charge in [0.25, 0.3) is 0 Å². The van der Waals surface area contributed by atoms with Crippen molar-refractivity contribution in [2.45, 2.75) is 43.7 Å². The van der Waals surface area contributed by atoms with Crippen molar-refractivity contribution in [2.24, 2.45) is 0 Å². The van der Waals surface area contributed by atoms with E-state index in [4.69, 9.17) is 4.74 Å². The highest BCUT2D eigenvalue weighted by Gasteiger charge is 2.37. The number of carbonyl (C=O) groups is 1. The number of benzene rings is 1. The normalized spacial score (nSPS) is 18.7. The highest BCUT2D eigenvalue weighted by molar-refractivity contribution is 7.89. The standard InChI is InChI=1S/C17H25N5O4S/c1-3-18-17(23)16-6-4-5-9-22(16)27(24,25)13-7-8-15-14(12-13)19-20-21(15)10-11-26-2/h7-8,12,16H,3-6,9-11H2,1-2H3,(H,18,23). The van der Waals surface area contributed by atoms with Gasteiger partial charge in [-0.1, -0.05) is 11.6 Å². The molecular formula is C17H25N5O4S. The Bertz CT molecular complexity index is 911. The van der Waals surface area contributed by atoms with Crippen LogP contribution in [0, 0.1) is 0 Å². The van der Waals surface area contributed by atoms with Crippen LogP contribution in [0.1, 0.15) is 26.2 Å². The Morgan fingerprint density at radius 3 is 2.93 bits per heavy atom. The highest BCUT2D eigenvalue weighted by atomic mass is 32.2. The van der Waals surface area contributed by atoms with Crippen LogP contribution in [-0.4, -0.2) is 66.5 Å². The first kappa shape index (κ1) is 19.7. The molecule has 1 saturated heterocycles. The van der Waals surface area contributed by atoms with Crippen LogP contribution in [0.2, 0.25) is 0 Å². The molecule has 3 rings (SSSR count). The molecule has 1 aromatic heterocycles. The van der Waals surface area contributed by atoms with E-state index in [9.17, 15) is 13.2 Å². The van der Waals surface area contributed by atoms with Crippen LogP contribution < -0.4 is 5.32 Å². The summed E-state index contributed by atoms with van der Waals surface area (Å²) in [4.78, 5) is 12.5. The Morgan fingerprint density at radius 2 is 2.19 bits per heavy atom. The molecule has 1 aliphatic heterocycles. The van der Waals surface area contributed by atoms with Gasteiger partial charge in [0.15, 0.2) is 0 Å². The summed E-state index contributed by atoms with van der Waals surface area (Å²) in [6.45, 7) is 3.65. The average molecular weight is 395 g/mol. The molecule has 2 heterocycles. The third kappa shape index (κ3) is 3.97. The molecule has 1 aromatic carbocycles. The molecule has 0 bridgehead atoms. The molecule has 1 amide bonds. The molecule has 27 heavy (non-hydrogen) atoms. The Balaban J connectivity index is 1.92. The third-order valence-electron chi connectivity index (χ3n) is 4.71. The van der Waals surface area contributed by atoms with Crippen LogP contribution in [0.15, 0.2) is 23.1 Å². The van der Waals surface area contributed by atoms with E-state index in [1.54, 1.807) is 23.9 Å². The number of hydrogen-bond donors (Lipinski definition) is 1. The molecule has 0 saturated carbocycles. The van der Waals surface area contributed by atoms with Gasteiger partial charge in [-0.2, -0.15) is 4.31 Å². The molecule has 1 unspecified atom stereocenters. The Morgan fingerprint density at radius 1 is 1.37 bits per heavy atom. The quantitative estimate of drug-likeness (QED) is 0.742. The first-order valence-corrected chi connectivity index (χ1v) is 10.5. The summed E-state index contributed by atoms with van der Waals surface area (Å²) < 4.78 is 34.4. The van der Waals surface area contributed by atoms with Gasteiger partial charge in [-0.3, -0.25) is 4.79 Å². The number of likely N-dealkylation sites (N-methyl/N-ethyl adjacent to an activating group) is 1. The van der Waals surface area contributed by atoms with Crippen molar-refractivity contribution in [3.63, 3.8) is 0 Å². The second-order valence-electron chi connectivity index (χ2n) is 6.48. The molecule has 9 nitrogen and oxygen atoms in total. The molecule has 148 valence electrons. The molecule has 10 heteroatoms. The number of ether oxygens (including phenoxy) is 1. The van der Waals surface area contributed by atoms with Crippen molar-refractivity contribution in [3.8, 4) is 0 Å². The van der Waals surface area contributed by atoms with Gasteiger partial charge in [-0.15, -0.1) is 5.10 Å². The number of piperidine rings is 1. The van der Waals surface area contributed by atoms with Crippen molar-refractivity contribution < 1.29 is 17.9 Å². The fourth-order valence-electron chi connectivity index (χ4n) is 3.34. The number of fused-ring (bicyclic) bond motifs is 1. The lowest BCUT2D eigenvalue weighted by atomic mass is 10.0. The molecule has 1 fully saturated rings. The van der Waals surface area contributed by atoms with E-state index < -0.39 is 16.1 Å². The maximum atomic E-state index is 13.2. The number of nitrogens with one attached hydrogen (secondary N) is 1. The fraction of sp³-hybridized carbons (Fsp3) is 0.588. The first-order valence-electron chi connectivity index (χ1n) is 9.10. The van der Waals surface area contributed by atoms with E-state index in [2.05, 4.69) is 15.6 Å². The largest absolute Gasteiger partial charge is 0.383 e. The third-order valence-corrected chi connectivity index (χ3v) is 6.61. The van der Waals surface area contributed by atoms with Crippen LogP contribution >= 0.6 is 0 Å². The van der Waals surface area contributed by atoms with Gasteiger partial charge in [0.1, 0.15) is 11.6 Å². The van der Waals surface area contributed by atoms with Crippen molar-refractivity contribution in [1.29, 1.82) is 0 Å². The van der Waals surface area contributed by atoms with E-state index in [-0.39, 0.29) is 10.8 Å². The molecule has 1 N–H and O–H groups in total. The minimum atomic E-state index is -3.80. The lowest BCUT2D eigenvalue weighted by Crippen LogP contribution is -2.51.